The number of carbonyl (C=O) groups excluding carboxylic acids is 2. The Hall–Kier alpha value is -1.45. The molecule has 0 radical (unpaired) electrons. The van der Waals surface area contributed by atoms with Gasteiger partial charge in [0.1, 0.15) is 10.3 Å². The van der Waals surface area contributed by atoms with Gasteiger partial charge in [0.25, 0.3) is 10.0 Å². The minimum Gasteiger partial charge on any atom is -0.467 e. The number of sulfonamides is 1. The number of nitrogens with zero attached hydrogens (tertiary/aromatic N) is 1. The molecular formula is C18H28N2O5S2. The molecule has 0 saturated carbocycles. The number of amides is 1. The molecule has 0 bridgehead atoms. The van der Waals surface area contributed by atoms with Gasteiger partial charge in [-0.05, 0) is 30.9 Å². The van der Waals surface area contributed by atoms with Crippen LogP contribution >= 0.6 is 11.3 Å². The number of methoxy groups -OCH3 is 1. The summed E-state index contributed by atoms with van der Waals surface area (Å²) >= 11 is 1.11. The number of nitrogens with one attached hydrogen (secondary N) is 1. The first kappa shape index (κ1) is 21.8. The summed E-state index contributed by atoms with van der Waals surface area (Å²) < 4.78 is 31.9. The van der Waals surface area contributed by atoms with Crippen LogP contribution in [-0.4, -0.2) is 50.8 Å². The summed E-state index contributed by atoms with van der Waals surface area (Å²) in [7, 11) is -2.20. The maximum Gasteiger partial charge on any atom is 0.328 e. The van der Waals surface area contributed by atoms with Crippen molar-refractivity contribution < 1.29 is 22.7 Å². The van der Waals surface area contributed by atoms with E-state index >= 15 is 0 Å². The second kappa shape index (κ2) is 9.66. The molecule has 1 N–H and O–H groups in total. The monoisotopic (exact) mass is 416 g/mol. The molecule has 1 aromatic rings. The van der Waals surface area contributed by atoms with Crippen molar-refractivity contribution in [3.63, 3.8) is 0 Å². The largest absolute Gasteiger partial charge is 0.467 e. The Bertz CT molecular complexity index is 754. The molecule has 27 heavy (non-hydrogen) atoms. The second-order valence-corrected chi connectivity index (χ2v) is 10.1. The molecule has 1 amide bonds. The molecule has 1 aliphatic heterocycles. The highest BCUT2D eigenvalue weighted by atomic mass is 32.2. The van der Waals surface area contributed by atoms with E-state index in [1.54, 1.807) is 12.1 Å². The number of ether oxygens (including phenoxy) is 1. The molecule has 0 aliphatic carbocycles. The summed E-state index contributed by atoms with van der Waals surface area (Å²) in [5, 5.41) is 2.71. The van der Waals surface area contributed by atoms with Gasteiger partial charge in [-0.1, -0.05) is 26.7 Å². The van der Waals surface area contributed by atoms with Crippen molar-refractivity contribution in [3.05, 3.63) is 17.0 Å². The van der Waals surface area contributed by atoms with Crippen LogP contribution in [0.1, 0.15) is 44.4 Å². The van der Waals surface area contributed by atoms with Crippen molar-refractivity contribution in [2.75, 3.05) is 20.2 Å². The van der Waals surface area contributed by atoms with Gasteiger partial charge in [-0.2, -0.15) is 4.31 Å². The fraction of sp³-hybridized carbons (Fsp3) is 0.667. The zero-order valence-electron chi connectivity index (χ0n) is 16.1. The third kappa shape index (κ3) is 5.52. The number of carbonyl (C=O) groups is 2. The van der Waals surface area contributed by atoms with Crippen LogP contribution in [0.2, 0.25) is 0 Å². The van der Waals surface area contributed by atoms with Gasteiger partial charge in [0.05, 0.1) is 13.5 Å². The van der Waals surface area contributed by atoms with E-state index in [4.69, 9.17) is 4.74 Å². The van der Waals surface area contributed by atoms with E-state index in [9.17, 15) is 18.0 Å². The Labute approximate surface area is 165 Å². The summed E-state index contributed by atoms with van der Waals surface area (Å²) in [5.41, 5.74) is 0. The molecule has 2 rings (SSSR count). The number of hydrogen-bond acceptors (Lipinski definition) is 6. The Kier molecular flexibility index (Phi) is 7.81. The zero-order chi connectivity index (χ0) is 20.0. The number of esters is 1. The molecule has 9 heteroatoms. The second-order valence-electron chi connectivity index (χ2n) is 6.82. The summed E-state index contributed by atoms with van der Waals surface area (Å²) in [4.78, 5) is 24.9. The highest BCUT2D eigenvalue weighted by molar-refractivity contribution is 7.91. The maximum absolute atomic E-state index is 12.7. The van der Waals surface area contributed by atoms with Crippen LogP contribution in [0.4, 0.5) is 0 Å². The van der Waals surface area contributed by atoms with Crippen LogP contribution in [0.3, 0.4) is 0 Å². The maximum atomic E-state index is 12.7. The van der Waals surface area contributed by atoms with Gasteiger partial charge in [0.2, 0.25) is 5.91 Å². The van der Waals surface area contributed by atoms with Crippen molar-refractivity contribution in [1.82, 2.24) is 9.62 Å². The van der Waals surface area contributed by atoms with E-state index in [0.29, 0.717) is 18.0 Å². The quantitative estimate of drug-likeness (QED) is 0.656. The lowest BCUT2D eigenvalue weighted by atomic mass is 9.99. The van der Waals surface area contributed by atoms with Gasteiger partial charge in [0, 0.05) is 18.0 Å². The van der Waals surface area contributed by atoms with E-state index in [1.807, 2.05) is 13.8 Å². The molecule has 7 nitrogen and oxygen atoms in total. The van der Waals surface area contributed by atoms with E-state index in [-0.39, 0.29) is 22.5 Å². The number of hydrogen-bond donors (Lipinski definition) is 1. The Morgan fingerprint density at radius 3 is 2.52 bits per heavy atom. The first-order chi connectivity index (χ1) is 12.8. The Morgan fingerprint density at radius 2 is 1.93 bits per heavy atom. The average molecular weight is 417 g/mol. The van der Waals surface area contributed by atoms with Crippen molar-refractivity contribution in [1.29, 1.82) is 0 Å². The van der Waals surface area contributed by atoms with Gasteiger partial charge in [-0.25, -0.2) is 13.2 Å². The predicted molar refractivity (Wildman–Crippen MR) is 104 cm³/mol. The summed E-state index contributed by atoms with van der Waals surface area (Å²) in [6.45, 7) is 4.90. The first-order valence-electron chi connectivity index (χ1n) is 9.25. The number of thiophene rings is 1. The van der Waals surface area contributed by atoms with Gasteiger partial charge in [-0.15, -0.1) is 11.3 Å². The SMILES string of the molecule is CC[C@@H](C)[C@H](NC(=O)Cc1ccc(S(=O)(=O)N2CCCCC2)s1)C(=O)OC. The highest BCUT2D eigenvalue weighted by Gasteiger charge is 2.29. The van der Waals surface area contributed by atoms with Crippen LogP contribution in [0.25, 0.3) is 0 Å². The molecule has 2 heterocycles. The van der Waals surface area contributed by atoms with Crippen molar-refractivity contribution in [2.45, 2.75) is 56.2 Å². The third-order valence-corrected chi connectivity index (χ3v) is 8.32. The van der Waals surface area contributed by atoms with Crippen molar-refractivity contribution >= 4 is 33.2 Å². The smallest absolute Gasteiger partial charge is 0.328 e. The summed E-state index contributed by atoms with van der Waals surface area (Å²) in [5.74, 6) is -0.855. The van der Waals surface area contributed by atoms with E-state index < -0.39 is 22.0 Å². The zero-order valence-corrected chi connectivity index (χ0v) is 17.7. The molecule has 0 spiro atoms. The summed E-state index contributed by atoms with van der Waals surface area (Å²) in [6.07, 6.45) is 3.57. The fourth-order valence-corrected chi connectivity index (χ4v) is 6.03. The molecule has 1 aliphatic rings. The topological polar surface area (TPSA) is 92.8 Å². The molecule has 0 unspecified atom stereocenters. The van der Waals surface area contributed by atoms with E-state index in [0.717, 1.165) is 37.0 Å². The summed E-state index contributed by atoms with van der Waals surface area (Å²) in [6, 6.07) is 2.52. The van der Waals surface area contributed by atoms with Gasteiger partial charge in [-0.3, -0.25) is 4.79 Å². The molecule has 1 aromatic heterocycles. The minimum absolute atomic E-state index is 0.0319. The van der Waals surface area contributed by atoms with E-state index in [1.165, 1.54) is 11.4 Å². The fourth-order valence-electron chi connectivity index (χ4n) is 3.00. The molecule has 2 atom stereocenters. The van der Waals surface area contributed by atoms with Crippen LogP contribution in [0.5, 0.6) is 0 Å². The molecule has 1 saturated heterocycles. The Balaban J connectivity index is 2.03. The molecular weight excluding hydrogens is 388 g/mol. The van der Waals surface area contributed by atoms with Crippen LogP contribution in [-0.2, 0) is 30.8 Å². The Morgan fingerprint density at radius 1 is 1.26 bits per heavy atom. The van der Waals surface area contributed by atoms with Gasteiger partial charge in [0.15, 0.2) is 0 Å². The van der Waals surface area contributed by atoms with Gasteiger partial charge >= 0.3 is 5.97 Å². The lowest BCUT2D eigenvalue weighted by Gasteiger charge is -2.25. The average Bonchev–Trinajstić information content (AvgIpc) is 3.14. The first-order valence-corrected chi connectivity index (χ1v) is 11.5. The number of piperidine rings is 1. The lowest BCUT2D eigenvalue weighted by molar-refractivity contribution is -0.146. The van der Waals surface area contributed by atoms with E-state index in [2.05, 4.69) is 5.32 Å². The number of rotatable bonds is 8. The van der Waals surface area contributed by atoms with Crippen LogP contribution in [0.15, 0.2) is 16.3 Å². The highest BCUT2D eigenvalue weighted by Crippen LogP contribution is 2.27. The normalized spacial score (nSPS) is 17.9. The standard InChI is InChI=1S/C18H28N2O5S2/c1-4-13(2)17(18(22)25-3)19-15(21)12-14-8-9-16(26-14)27(23,24)20-10-6-5-7-11-20/h8-9,13,17H,4-7,10-12H2,1-3H3,(H,19,21)/t13-,17+/m1/s1. The van der Waals surface area contributed by atoms with Crippen molar-refractivity contribution in [3.8, 4) is 0 Å². The molecule has 1 fully saturated rings. The van der Waals surface area contributed by atoms with Gasteiger partial charge < -0.3 is 10.1 Å². The van der Waals surface area contributed by atoms with Crippen LogP contribution < -0.4 is 5.32 Å². The lowest BCUT2D eigenvalue weighted by Crippen LogP contribution is -2.46. The predicted octanol–water partition coefficient (Wildman–Crippen LogP) is 2.17. The molecule has 0 aromatic carbocycles. The third-order valence-electron chi connectivity index (χ3n) is 4.87. The van der Waals surface area contributed by atoms with Crippen LogP contribution in [0, 0.1) is 5.92 Å². The minimum atomic E-state index is -3.49. The molecule has 152 valence electrons. The van der Waals surface area contributed by atoms with Crippen molar-refractivity contribution in [2.24, 2.45) is 5.92 Å².